The Hall–Kier alpha value is -0.610. The van der Waals surface area contributed by atoms with Gasteiger partial charge in [-0.05, 0) is 0 Å². The van der Waals surface area contributed by atoms with Gasteiger partial charge in [0.05, 0.1) is 33.4 Å². The molecule has 0 aromatic heterocycles. The number of quaternary nitrogens is 1. The van der Waals surface area contributed by atoms with Crippen molar-refractivity contribution in [1.82, 2.24) is 0 Å². The van der Waals surface area contributed by atoms with Gasteiger partial charge in [0.1, 0.15) is 12.0 Å². The summed E-state index contributed by atoms with van der Waals surface area (Å²) in [4.78, 5) is 11.7. The smallest absolute Gasteiger partial charge is 0.317 e. The van der Waals surface area contributed by atoms with E-state index in [2.05, 4.69) is 14.1 Å². The van der Waals surface area contributed by atoms with Crippen molar-refractivity contribution in [3.8, 4) is 0 Å². The largest absolute Gasteiger partial charge is 0.469 e. The molecule has 0 saturated carbocycles. The van der Waals surface area contributed by atoms with Gasteiger partial charge in [-0.3, -0.25) is 4.79 Å². The van der Waals surface area contributed by atoms with E-state index in [-0.39, 0.29) is 17.9 Å². The molecular weight excluding hydrogens is 194 g/mol. The van der Waals surface area contributed by atoms with E-state index in [1.54, 1.807) is 0 Å². The summed E-state index contributed by atoms with van der Waals surface area (Å²) in [5, 5.41) is 9.97. The van der Waals surface area contributed by atoms with Crippen molar-refractivity contribution in [2.75, 3.05) is 21.2 Å². The molecule has 4 atom stereocenters. The van der Waals surface area contributed by atoms with E-state index in [9.17, 15) is 9.90 Å². The van der Waals surface area contributed by atoms with Crippen LogP contribution in [0.2, 0.25) is 0 Å². The van der Waals surface area contributed by atoms with Crippen molar-refractivity contribution in [1.29, 1.82) is 0 Å². The number of aliphatic hydroxyl groups is 1. The quantitative estimate of drug-likeness (QED) is 0.499. The van der Waals surface area contributed by atoms with E-state index in [0.29, 0.717) is 6.04 Å². The van der Waals surface area contributed by atoms with Crippen molar-refractivity contribution >= 4 is 5.97 Å². The minimum absolute atomic E-state index is 0.228. The van der Waals surface area contributed by atoms with Gasteiger partial charge in [0.25, 0.3) is 0 Å². The summed E-state index contributed by atoms with van der Waals surface area (Å²) in [6.45, 7) is 0. The molecule has 0 amide bonds. The number of aliphatic hydroxyl groups excluding tert-OH is 1. The lowest BCUT2D eigenvalue weighted by Crippen LogP contribution is -2.62. The summed E-state index contributed by atoms with van der Waals surface area (Å²) in [5.41, 5.74) is 0. The summed E-state index contributed by atoms with van der Waals surface area (Å²) in [7, 11) is 5.71. The molecule has 2 heterocycles. The number of nitrogens with zero attached hydrogens (tertiary/aromatic N) is 1. The number of ether oxygens (including phenoxy) is 1. The Balaban J connectivity index is 2.27. The Morgan fingerprint density at radius 3 is 2.67 bits per heavy atom. The molecule has 2 saturated heterocycles. The van der Waals surface area contributed by atoms with Crippen LogP contribution in [0.4, 0.5) is 0 Å². The Morgan fingerprint density at radius 1 is 1.40 bits per heavy atom. The molecule has 15 heavy (non-hydrogen) atoms. The summed E-state index contributed by atoms with van der Waals surface area (Å²) < 4.78 is 5.65. The first-order valence-corrected chi connectivity index (χ1v) is 5.57. The molecule has 0 radical (unpaired) electrons. The van der Waals surface area contributed by atoms with Crippen LogP contribution >= 0.6 is 0 Å². The zero-order valence-electron chi connectivity index (χ0n) is 9.64. The predicted molar refractivity (Wildman–Crippen MR) is 55.0 cm³/mol. The SMILES string of the molecule is COC(=O)[C@@H]1[C@H](O)C[C@@H]2CC[C@H]1[N+]2(C)C. The number of methoxy groups -OCH3 is 1. The molecule has 0 unspecified atom stereocenters. The van der Waals surface area contributed by atoms with E-state index in [4.69, 9.17) is 4.74 Å². The van der Waals surface area contributed by atoms with Crippen LogP contribution < -0.4 is 0 Å². The van der Waals surface area contributed by atoms with Crippen molar-refractivity contribution in [2.45, 2.75) is 37.5 Å². The number of fused-ring (bicyclic) bond motifs is 2. The molecule has 0 spiro atoms. The maximum absolute atomic E-state index is 11.7. The van der Waals surface area contributed by atoms with E-state index in [1.807, 2.05) is 0 Å². The number of carbonyl (C=O) groups is 1. The maximum Gasteiger partial charge on any atom is 0.317 e. The average molecular weight is 214 g/mol. The molecule has 2 bridgehead atoms. The predicted octanol–water partition coefficient (Wildman–Crippen LogP) is 0.148. The highest BCUT2D eigenvalue weighted by Crippen LogP contribution is 2.43. The van der Waals surface area contributed by atoms with Crippen LogP contribution in [0.3, 0.4) is 0 Å². The Bertz CT molecular complexity index is 277. The van der Waals surface area contributed by atoms with E-state index in [1.165, 1.54) is 7.11 Å². The highest BCUT2D eigenvalue weighted by molar-refractivity contribution is 5.74. The van der Waals surface area contributed by atoms with Gasteiger partial charge in [-0.1, -0.05) is 0 Å². The van der Waals surface area contributed by atoms with Crippen LogP contribution in [0.5, 0.6) is 0 Å². The Morgan fingerprint density at radius 2 is 2.07 bits per heavy atom. The van der Waals surface area contributed by atoms with Gasteiger partial charge in [-0.15, -0.1) is 0 Å². The Kier molecular flexibility index (Phi) is 2.51. The second kappa shape index (κ2) is 3.46. The van der Waals surface area contributed by atoms with Crippen LogP contribution in [0.15, 0.2) is 0 Å². The number of esters is 1. The van der Waals surface area contributed by atoms with Gasteiger partial charge < -0.3 is 14.3 Å². The van der Waals surface area contributed by atoms with Gasteiger partial charge in [0.15, 0.2) is 0 Å². The summed E-state index contributed by atoms with van der Waals surface area (Å²) in [6, 6.07) is 0.733. The number of piperidine rings is 1. The fourth-order valence-electron chi connectivity index (χ4n) is 3.41. The number of rotatable bonds is 1. The summed E-state index contributed by atoms with van der Waals surface area (Å²) in [5.74, 6) is -0.581. The molecule has 2 aliphatic heterocycles. The third-order valence-corrected chi connectivity index (χ3v) is 4.41. The number of carbonyl (C=O) groups excluding carboxylic acids is 1. The second-order valence-corrected chi connectivity index (χ2v) is 5.28. The molecule has 86 valence electrons. The molecule has 0 aromatic rings. The standard InChI is InChI=1S/C11H20NO3/c1-12(2)7-4-5-8(12)10(9(13)6-7)11(14)15-3/h7-10,13H,4-6H2,1-3H3/q+1/t7-,8+,9+,10-/m0/s1. The topological polar surface area (TPSA) is 46.5 Å². The first-order chi connectivity index (χ1) is 6.98. The van der Waals surface area contributed by atoms with Crippen molar-refractivity contribution in [3.05, 3.63) is 0 Å². The lowest BCUT2D eigenvalue weighted by Gasteiger charge is -2.46. The van der Waals surface area contributed by atoms with Crippen molar-refractivity contribution in [2.24, 2.45) is 5.92 Å². The van der Waals surface area contributed by atoms with Gasteiger partial charge in [0.2, 0.25) is 0 Å². The summed E-state index contributed by atoms with van der Waals surface area (Å²) in [6.07, 6.45) is 2.35. The van der Waals surface area contributed by atoms with Crippen LogP contribution in [-0.2, 0) is 9.53 Å². The van der Waals surface area contributed by atoms with Crippen LogP contribution in [0.1, 0.15) is 19.3 Å². The van der Waals surface area contributed by atoms with E-state index < -0.39 is 6.10 Å². The highest BCUT2D eigenvalue weighted by atomic mass is 16.5. The number of hydrogen-bond acceptors (Lipinski definition) is 3. The molecule has 4 heteroatoms. The molecule has 0 aliphatic carbocycles. The van der Waals surface area contributed by atoms with Crippen LogP contribution in [-0.4, -0.2) is 55.0 Å². The Labute approximate surface area is 90.4 Å². The van der Waals surface area contributed by atoms with Crippen molar-refractivity contribution < 1.29 is 19.1 Å². The van der Waals surface area contributed by atoms with E-state index in [0.717, 1.165) is 23.7 Å². The first kappa shape index (κ1) is 10.9. The van der Waals surface area contributed by atoms with E-state index >= 15 is 0 Å². The molecule has 4 nitrogen and oxygen atoms in total. The zero-order chi connectivity index (χ0) is 11.2. The lowest BCUT2D eigenvalue weighted by atomic mass is 9.86. The summed E-state index contributed by atoms with van der Waals surface area (Å²) >= 11 is 0. The monoisotopic (exact) mass is 214 g/mol. The molecular formula is C11H20NO3+. The molecule has 1 N–H and O–H groups in total. The minimum Gasteiger partial charge on any atom is -0.469 e. The maximum atomic E-state index is 11.7. The number of hydrogen-bond donors (Lipinski definition) is 1. The highest BCUT2D eigenvalue weighted by Gasteiger charge is 2.57. The second-order valence-electron chi connectivity index (χ2n) is 5.28. The fraction of sp³-hybridized carbons (Fsp3) is 0.909. The molecule has 0 aromatic carbocycles. The normalized spacial score (nSPS) is 42.7. The first-order valence-electron chi connectivity index (χ1n) is 5.57. The third kappa shape index (κ3) is 1.47. The van der Waals surface area contributed by atoms with Gasteiger partial charge >= 0.3 is 5.97 Å². The third-order valence-electron chi connectivity index (χ3n) is 4.41. The average Bonchev–Trinajstić information content (AvgIpc) is 2.39. The molecule has 2 rings (SSSR count). The lowest BCUT2D eigenvalue weighted by molar-refractivity contribution is -0.934. The minimum atomic E-state index is -0.513. The van der Waals surface area contributed by atoms with Crippen LogP contribution in [0.25, 0.3) is 0 Å². The van der Waals surface area contributed by atoms with Gasteiger partial charge in [0, 0.05) is 19.3 Å². The molecule has 2 fully saturated rings. The molecule has 2 aliphatic rings. The van der Waals surface area contributed by atoms with Gasteiger partial charge in [-0.25, -0.2) is 0 Å². The van der Waals surface area contributed by atoms with Crippen LogP contribution in [0, 0.1) is 5.92 Å². The fourth-order valence-corrected chi connectivity index (χ4v) is 3.41. The zero-order valence-corrected chi connectivity index (χ0v) is 9.64. The van der Waals surface area contributed by atoms with Gasteiger partial charge in [-0.2, -0.15) is 0 Å². The van der Waals surface area contributed by atoms with Crippen molar-refractivity contribution in [3.63, 3.8) is 0 Å².